The lowest BCUT2D eigenvalue weighted by Gasteiger charge is -2.02. The van der Waals surface area contributed by atoms with E-state index >= 15 is 0 Å². The second-order valence-corrected chi connectivity index (χ2v) is 3.99. The number of amides is 1. The normalized spacial score (nSPS) is 10.7. The van der Waals surface area contributed by atoms with Gasteiger partial charge in [-0.3, -0.25) is 9.78 Å². The maximum absolute atomic E-state index is 10.9. The van der Waals surface area contributed by atoms with Crippen molar-refractivity contribution in [2.75, 3.05) is 5.73 Å². The zero-order valence-electron chi connectivity index (χ0n) is 9.82. The number of carbonyl (C=O) groups excluding carboxylic acids is 1. The average molecular weight is 254 g/mol. The van der Waals surface area contributed by atoms with Crippen LogP contribution in [0.1, 0.15) is 10.5 Å². The van der Waals surface area contributed by atoms with E-state index in [4.69, 9.17) is 11.5 Å². The van der Waals surface area contributed by atoms with Crippen LogP contribution in [-0.4, -0.2) is 25.5 Å². The van der Waals surface area contributed by atoms with Crippen LogP contribution in [0.4, 0.5) is 5.95 Å². The monoisotopic (exact) mass is 254 g/mol. The zero-order valence-corrected chi connectivity index (χ0v) is 9.82. The lowest BCUT2D eigenvalue weighted by atomic mass is 10.1. The molecule has 94 valence electrons. The number of carbonyl (C=O) groups is 1. The molecule has 0 fully saturated rings. The maximum atomic E-state index is 10.9. The highest BCUT2D eigenvalue weighted by molar-refractivity contribution is 5.91. The van der Waals surface area contributed by atoms with Gasteiger partial charge in [-0.05, 0) is 18.2 Å². The Balaban J connectivity index is 2.05. The molecule has 0 aliphatic carbocycles. The maximum Gasteiger partial charge on any atom is 0.267 e. The van der Waals surface area contributed by atoms with Gasteiger partial charge >= 0.3 is 0 Å². The molecule has 3 heterocycles. The van der Waals surface area contributed by atoms with E-state index in [-0.39, 0.29) is 11.6 Å². The molecule has 0 saturated heterocycles. The molecule has 7 heteroatoms. The summed E-state index contributed by atoms with van der Waals surface area (Å²) in [6.07, 6.45) is 3.38. The molecule has 3 aromatic heterocycles. The number of hydrogen-bond acceptors (Lipinski definition) is 5. The molecule has 0 radical (unpaired) electrons. The Kier molecular flexibility index (Phi) is 2.38. The fourth-order valence-electron chi connectivity index (χ4n) is 1.78. The number of primary amides is 1. The van der Waals surface area contributed by atoms with Gasteiger partial charge in [-0.15, -0.1) is 5.10 Å². The number of aromatic nitrogens is 4. The van der Waals surface area contributed by atoms with Crippen LogP contribution < -0.4 is 11.5 Å². The van der Waals surface area contributed by atoms with Crippen LogP contribution in [0.25, 0.3) is 16.8 Å². The van der Waals surface area contributed by atoms with Crippen LogP contribution >= 0.6 is 0 Å². The van der Waals surface area contributed by atoms with Crippen molar-refractivity contribution in [3.63, 3.8) is 0 Å². The minimum absolute atomic E-state index is 0.222. The molecule has 7 nitrogen and oxygen atoms in total. The SMILES string of the molecule is NC(=O)c1ccc(-c2ccc3nc(N)nn3c2)cn1. The summed E-state index contributed by atoms with van der Waals surface area (Å²) in [4.78, 5) is 19.0. The van der Waals surface area contributed by atoms with Crippen molar-refractivity contribution >= 4 is 17.5 Å². The highest BCUT2D eigenvalue weighted by Gasteiger charge is 2.05. The van der Waals surface area contributed by atoms with E-state index in [1.165, 1.54) is 0 Å². The standard InChI is InChI=1S/C12H10N6O/c13-11(19)9-3-1-7(5-15-9)8-2-4-10-16-12(14)17-18(10)6-8/h1-6H,(H2,13,19)(H2,14,17). The van der Waals surface area contributed by atoms with E-state index in [1.807, 2.05) is 6.07 Å². The zero-order chi connectivity index (χ0) is 13.4. The topological polar surface area (TPSA) is 112 Å². The first kappa shape index (κ1) is 11.1. The highest BCUT2D eigenvalue weighted by Crippen LogP contribution is 2.19. The second kappa shape index (κ2) is 4.05. The van der Waals surface area contributed by atoms with Gasteiger partial charge < -0.3 is 11.5 Å². The highest BCUT2D eigenvalue weighted by atomic mass is 16.1. The molecule has 1 amide bonds. The molecule has 0 atom stereocenters. The Labute approximate surface area is 107 Å². The first-order valence-corrected chi connectivity index (χ1v) is 5.51. The molecule has 3 rings (SSSR count). The van der Waals surface area contributed by atoms with Gasteiger partial charge in [-0.2, -0.15) is 4.98 Å². The number of anilines is 1. The Bertz CT molecular complexity index is 761. The number of nitrogen functional groups attached to an aromatic ring is 1. The van der Waals surface area contributed by atoms with Crippen molar-refractivity contribution < 1.29 is 4.79 Å². The van der Waals surface area contributed by atoms with E-state index in [0.29, 0.717) is 5.65 Å². The Morgan fingerprint density at radius 1 is 1.16 bits per heavy atom. The predicted octanol–water partition coefficient (Wildman–Crippen LogP) is 0.472. The molecule has 0 unspecified atom stereocenters. The van der Waals surface area contributed by atoms with Crippen molar-refractivity contribution in [3.8, 4) is 11.1 Å². The minimum atomic E-state index is -0.550. The van der Waals surface area contributed by atoms with E-state index in [1.54, 1.807) is 35.1 Å². The van der Waals surface area contributed by atoms with Crippen molar-refractivity contribution in [1.29, 1.82) is 0 Å². The summed E-state index contributed by atoms with van der Waals surface area (Å²) in [6, 6.07) is 7.04. The molecule has 0 aliphatic heterocycles. The molecule has 4 N–H and O–H groups in total. The number of pyridine rings is 2. The van der Waals surface area contributed by atoms with Crippen LogP contribution in [0.3, 0.4) is 0 Å². The Morgan fingerprint density at radius 3 is 2.63 bits per heavy atom. The molecular formula is C12H10N6O. The predicted molar refractivity (Wildman–Crippen MR) is 69.1 cm³/mol. The summed E-state index contributed by atoms with van der Waals surface area (Å²) in [5.41, 5.74) is 13.3. The third-order valence-electron chi connectivity index (χ3n) is 2.70. The third-order valence-corrected chi connectivity index (χ3v) is 2.70. The quantitative estimate of drug-likeness (QED) is 0.690. The molecule has 0 aliphatic rings. The van der Waals surface area contributed by atoms with Crippen LogP contribution in [0.15, 0.2) is 36.7 Å². The summed E-state index contributed by atoms with van der Waals surface area (Å²) < 4.78 is 1.59. The summed E-state index contributed by atoms with van der Waals surface area (Å²) in [5, 5.41) is 4.03. The van der Waals surface area contributed by atoms with Gasteiger partial charge in [0.05, 0.1) is 0 Å². The summed E-state index contributed by atoms with van der Waals surface area (Å²) in [7, 11) is 0. The molecular weight excluding hydrogens is 244 g/mol. The van der Waals surface area contributed by atoms with E-state index < -0.39 is 5.91 Å². The van der Waals surface area contributed by atoms with Gasteiger partial charge in [0.15, 0.2) is 5.65 Å². The summed E-state index contributed by atoms with van der Waals surface area (Å²) in [6.45, 7) is 0. The van der Waals surface area contributed by atoms with Crippen LogP contribution in [0, 0.1) is 0 Å². The lowest BCUT2D eigenvalue weighted by molar-refractivity contribution is 0.0995. The van der Waals surface area contributed by atoms with Gasteiger partial charge in [-0.1, -0.05) is 6.07 Å². The first-order valence-electron chi connectivity index (χ1n) is 5.51. The second-order valence-electron chi connectivity index (χ2n) is 3.99. The third kappa shape index (κ3) is 1.97. The number of nitrogens with zero attached hydrogens (tertiary/aromatic N) is 4. The number of rotatable bonds is 2. The van der Waals surface area contributed by atoms with Crippen molar-refractivity contribution in [2.45, 2.75) is 0 Å². The van der Waals surface area contributed by atoms with Gasteiger partial charge in [0.1, 0.15) is 5.69 Å². The Morgan fingerprint density at radius 2 is 1.95 bits per heavy atom. The minimum Gasteiger partial charge on any atom is -0.366 e. The van der Waals surface area contributed by atoms with Crippen LogP contribution in [-0.2, 0) is 0 Å². The average Bonchev–Trinajstić information content (AvgIpc) is 2.77. The fourth-order valence-corrected chi connectivity index (χ4v) is 1.78. The smallest absolute Gasteiger partial charge is 0.267 e. The molecule has 0 spiro atoms. The van der Waals surface area contributed by atoms with E-state index in [9.17, 15) is 4.79 Å². The molecule has 0 saturated carbocycles. The Hall–Kier alpha value is -2.96. The summed E-state index contributed by atoms with van der Waals surface area (Å²) >= 11 is 0. The van der Waals surface area contributed by atoms with Gasteiger partial charge in [0.2, 0.25) is 5.95 Å². The molecule has 19 heavy (non-hydrogen) atoms. The van der Waals surface area contributed by atoms with Crippen LogP contribution in [0.5, 0.6) is 0 Å². The van der Waals surface area contributed by atoms with Crippen molar-refractivity contribution in [3.05, 3.63) is 42.4 Å². The van der Waals surface area contributed by atoms with Gasteiger partial charge in [0.25, 0.3) is 5.91 Å². The number of nitrogens with two attached hydrogens (primary N) is 2. The van der Waals surface area contributed by atoms with Gasteiger partial charge in [0, 0.05) is 23.5 Å². The van der Waals surface area contributed by atoms with Crippen LogP contribution in [0.2, 0.25) is 0 Å². The lowest BCUT2D eigenvalue weighted by Crippen LogP contribution is -2.12. The van der Waals surface area contributed by atoms with Crippen molar-refractivity contribution in [2.24, 2.45) is 5.73 Å². The first-order chi connectivity index (χ1) is 9.13. The molecule has 0 bridgehead atoms. The van der Waals surface area contributed by atoms with Crippen molar-refractivity contribution in [1.82, 2.24) is 19.6 Å². The fraction of sp³-hybridized carbons (Fsp3) is 0. The molecule has 3 aromatic rings. The number of fused-ring (bicyclic) bond motifs is 1. The van der Waals surface area contributed by atoms with E-state index in [2.05, 4.69) is 15.1 Å². The largest absolute Gasteiger partial charge is 0.366 e. The van der Waals surface area contributed by atoms with Gasteiger partial charge in [-0.25, -0.2) is 4.52 Å². The summed E-state index contributed by atoms with van der Waals surface area (Å²) in [5.74, 6) is -0.328. The number of hydrogen-bond donors (Lipinski definition) is 2. The molecule has 0 aromatic carbocycles. The van der Waals surface area contributed by atoms with E-state index in [0.717, 1.165) is 11.1 Å².